The Labute approximate surface area is 54.7 Å². The van der Waals surface area contributed by atoms with E-state index in [2.05, 4.69) is 0 Å². The van der Waals surface area contributed by atoms with Crippen LogP contribution in [0, 0.1) is 0 Å². The normalized spacial score (nSPS) is 39.8. The van der Waals surface area contributed by atoms with Crippen LogP contribution < -0.4 is 0 Å². The van der Waals surface area contributed by atoms with Gasteiger partial charge in [0.1, 0.15) is 0 Å². The molecular weight excluding hydrogens is 124 g/mol. The van der Waals surface area contributed by atoms with Gasteiger partial charge in [0.2, 0.25) is 0 Å². The van der Waals surface area contributed by atoms with Gasteiger partial charge in [0, 0.05) is 5.38 Å². The lowest BCUT2D eigenvalue weighted by atomic mass is 9.98. The minimum absolute atomic E-state index is 0.119. The third-order valence-corrected chi connectivity index (χ3v) is 1.98. The van der Waals surface area contributed by atoms with E-state index < -0.39 is 0 Å². The van der Waals surface area contributed by atoms with Gasteiger partial charge in [-0.15, -0.1) is 11.6 Å². The van der Waals surface area contributed by atoms with E-state index in [1.807, 2.05) is 0 Å². The van der Waals surface area contributed by atoms with Crippen LogP contribution in [0.4, 0.5) is 0 Å². The molecule has 0 radical (unpaired) electrons. The van der Waals surface area contributed by atoms with Crippen molar-refractivity contribution in [3.8, 4) is 0 Å². The number of aliphatic hydroxyl groups excluding tert-OH is 1. The maximum atomic E-state index is 9.00. The quantitative estimate of drug-likeness (QED) is 0.499. The van der Waals surface area contributed by atoms with Crippen LogP contribution >= 0.6 is 11.6 Å². The molecule has 8 heavy (non-hydrogen) atoms. The Bertz CT molecular complexity index is 66.9. The molecule has 0 amide bonds. The third kappa shape index (κ3) is 1.64. The molecule has 0 heterocycles. The molecule has 0 unspecified atom stereocenters. The number of alkyl halides is 1. The van der Waals surface area contributed by atoms with Crippen LogP contribution in [0.1, 0.15) is 25.7 Å². The smallest absolute Gasteiger partial charge is 0.0554 e. The minimum atomic E-state index is -0.119. The molecule has 1 rings (SSSR count). The summed E-state index contributed by atoms with van der Waals surface area (Å²) in [7, 11) is 0. The first-order chi connectivity index (χ1) is 3.79. The Morgan fingerprint density at radius 2 is 2.12 bits per heavy atom. The van der Waals surface area contributed by atoms with E-state index in [1.54, 1.807) is 0 Å². The fourth-order valence-corrected chi connectivity index (χ4v) is 1.47. The maximum Gasteiger partial charge on any atom is 0.0554 e. The summed E-state index contributed by atoms with van der Waals surface area (Å²) in [4.78, 5) is 0. The molecule has 0 aliphatic heterocycles. The summed E-state index contributed by atoms with van der Waals surface area (Å²) >= 11 is 5.75. The second-order valence-electron chi connectivity index (χ2n) is 2.42. The topological polar surface area (TPSA) is 20.2 Å². The average Bonchev–Trinajstić information content (AvgIpc) is 1.64. The predicted molar refractivity (Wildman–Crippen MR) is 34.1 cm³/mol. The Balaban J connectivity index is 2.23. The zero-order valence-corrected chi connectivity index (χ0v) is 5.56. The molecule has 1 aliphatic carbocycles. The van der Waals surface area contributed by atoms with Gasteiger partial charge >= 0.3 is 0 Å². The van der Waals surface area contributed by atoms with Crippen LogP contribution in [0.5, 0.6) is 0 Å². The molecule has 0 aromatic rings. The van der Waals surface area contributed by atoms with E-state index in [4.69, 9.17) is 16.7 Å². The monoisotopic (exact) mass is 134 g/mol. The molecule has 1 saturated carbocycles. The lowest BCUT2D eigenvalue weighted by Crippen LogP contribution is -2.19. The van der Waals surface area contributed by atoms with Crippen molar-refractivity contribution < 1.29 is 5.11 Å². The minimum Gasteiger partial charge on any atom is -0.393 e. The second-order valence-corrected chi connectivity index (χ2v) is 3.03. The fourth-order valence-electron chi connectivity index (χ4n) is 1.11. The molecular formula is C6H11ClO. The van der Waals surface area contributed by atoms with Crippen molar-refractivity contribution in [3.05, 3.63) is 0 Å². The Morgan fingerprint density at radius 3 is 2.50 bits per heavy atom. The van der Waals surface area contributed by atoms with Crippen molar-refractivity contribution >= 4 is 11.6 Å². The summed E-state index contributed by atoms with van der Waals surface area (Å²) in [6.45, 7) is 0. The molecule has 0 aromatic carbocycles. The highest BCUT2D eigenvalue weighted by Gasteiger charge is 2.16. The molecule has 2 atom stereocenters. The van der Waals surface area contributed by atoms with E-state index in [1.165, 1.54) is 0 Å². The van der Waals surface area contributed by atoms with Gasteiger partial charge in [0.25, 0.3) is 0 Å². The molecule has 0 aromatic heterocycles. The van der Waals surface area contributed by atoms with Gasteiger partial charge in [-0.1, -0.05) is 0 Å². The van der Waals surface area contributed by atoms with Crippen molar-refractivity contribution in [2.24, 2.45) is 0 Å². The highest BCUT2D eigenvalue weighted by Crippen LogP contribution is 2.22. The number of hydrogen-bond donors (Lipinski definition) is 1. The van der Waals surface area contributed by atoms with Gasteiger partial charge in [-0.05, 0) is 25.7 Å². The molecule has 1 fully saturated rings. The van der Waals surface area contributed by atoms with Gasteiger partial charge in [0.05, 0.1) is 6.10 Å². The molecule has 0 spiro atoms. The molecule has 1 aliphatic rings. The highest BCUT2D eigenvalue weighted by molar-refractivity contribution is 6.20. The number of rotatable bonds is 0. The molecule has 1 nitrogen and oxygen atoms in total. The summed E-state index contributed by atoms with van der Waals surface area (Å²) < 4.78 is 0. The first-order valence-electron chi connectivity index (χ1n) is 3.11. The molecule has 0 saturated heterocycles. The average molecular weight is 135 g/mol. The van der Waals surface area contributed by atoms with Crippen molar-refractivity contribution in [1.82, 2.24) is 0 Å². The summed E-state index contributed by atoms with van der Waals surface area (Å²) in [5.74, 6) is 0. The van der Waals surface area contributed by atoms with Crippen LogP contribution in [0.15, 0.2) is 0 Å². The lowest BCUT2D eigenvalue weighted by molar-refractivity contribution is 0.132. The van der Waals surface area contributed by atoms with E-state index in [0.29, 0.717) is 0 Å². The number of halogens is 1. The zero-order valence-electron chi connectivity index (χ0n) is 4.81. The van der Waals surface area contributed by atoms with Gasteiger partial charge in [-0.2, -0.15) is 0 Å². The Kier molecular flexibility index (Phi) is 2.15. The van der Waals surface area contributed by atoms with E-state index >= 15 is 0 Å². The van der Waals surface area contributed by atoms with Gasteiger partial charge in [-0.3, -0.25) is 0 Å². The number of aliphatic hydroxyl groups is 1. The predicted octanol–water partition coefficient (Wildman–Crippen LogP) is 1.53. The van der Waals surface area contributed by atoms with Gasteiger partial charge < -0.3 is 5.11 Å². The first-order valence-corrected chi connectivity index (χ1v) is 3.55. The van der Waals surface area contributed by atoms with E-state index in [0.717, 1.165) is 25.7 Å². The third-order valence-electron chi connectivity index (χ3n) is 1.58. The fraction of sp³-hybridized carbons (Fsp3) is 1.00. The Hall–Kier alpha value is 0.250. The standard InChI is InChI=1S/C6H11ClO/c7-5-2-1-3-6(8)4-5/h5-6,8H,1-4H2/t5-,6+/m0/s1. The second kappa shape index (κ2) is 2.70. The summed E-state index contributed by atoms with van der Waals surface area (Å²) in [5.41, 5.74) is 0. The SMILES string of the molecule is O[C@@H]1CCC[C@H](Cl)C1. The molecule has 1 N–H and O–H groups in total. The van der Waals surface area contributed by atoms with Crippen LogP contribution in [-0.2, 0) is 0 Å². The van der Waals surface area contributed by atoms with Crippen LogP contribution in [0.25, 0.3) is 0 Å². The summed E-state index contributed by atoms with van der Waals surface area (Å²) in [6, 6.07) is 0. The van der Waals surface area contributed by atoms with E-state index in [9.17, 15) is 0 Å². The number of hydrogen-bond acceptors (Lipinski definition) is 1. The zero-order chi connectivity index (χ0) is 5.98. The van der Waals surface area contributed by atoms with Crippen molar-refractivity contribution in [2.75, 3.05) is 0 Å². The van der Waals surface area contributed by atoms with Crippen LogP contribution in [0.2, 0.25) is 0 Å². The van der Waals surface area contributed by atoms with Gasteiger partial charge in [-0.25, -0.2) is 0 Å². The Morgan fingerprint density at radius 1 is 1.38 bits per heavy atom. The molecule has 2 heteroatoms. The summed E-state index contributed by atoms with van der Waals surface area (Å²) in [5, 5.41) is 9.23. The highest BCUT2D eigenvalue weighted by atomic mass is 35.5. The maximum absolute atomic E-state index is 9.00. The van der Waals surface area contributed by atoms with Crippen molar-refractivity contribution in [2.45, 2.75) is 37.2 Å². The summed E-state index contributed by atoms with van der Waals surface area (Å²) in [6.07, 6.45) is 3.80. The van der Waals surface area contributed by atoms with Crippen molar-refractivity contribution in [1.29, 1.82) is 0 Å². The molecule has 0 bridgehead atoms. The van der Waals surface area contributed by atoms with Crippen LogP contribution in [0.3, 0.4) is 0 Å². The largest absolute Gasteiger partial charge is 0.393 e. The lowest BCUT2D eigenvalue weighted by Gasteiger charge is -2.20. The van der Waals surface area contributed by atoms with E-state index in [-0.39, 0.29) is 11.5 Å². The molecule has 48 valence electrons. The van der Waals surface area contributed by atoms with Gasteiger partial charge in [0.15, 0.2) is 0 Å². The van der Waals surface area contributed by atoms with Crippen molar-refractivity contribution in [3.63, 3.8) is 0 Å². The first kappa shape index (κ1) is 6.37. The van der Waals surface area contributed by atoms with Crippen LogP contribution in [-0.4, -0.2) is 16.6 Å².